The van der Waals surface area contributed by atoms with Crippen molar-refractivity contribution in [2.75, 3.05) is 0 Å². The van der Waals surface area contributed by atoms with Gasteiger partial charge in [-0.2, -0.15) is 0 Å². The molecule has 0 bridgehead atoms. The summed E-state index contributed by atoms with van der Waals surface area (Å²) in [6.07, 6.45) is 0.485. The number of benzene rings is 1. The van der Waals surface area contributed by atoms with E-state index in [1.54, 1.807) is 0 Å². The van der Waals surface area contributed by atoms with Crippen LogP contribution in [0, 0.1) is 0 Å². The van der Waals surface area contributed by atoms with Crippen LogP contribution in [0.1, 0.15) is 41.5 Å². The Bertz CT molecular complexity index is 350. The average Bonchev–Trinajstić information content (AvgIpc) is 2.27. The molecule has 0 amide bonds. The summed E-state index contributed by atoms with van der Waals surface area (Å²) in [5, 5.41) is 1.08. The summed E-state index contributed by atoms with van der Waals surface area (Å²) in [6, 6.07) is 7.98. The Hall–Kier alpha value is -0.630. The molecule has 0 atom stereocenters. The Morgan fingerprint density at radius 1 is 0.737 bits per heavy atom. The van der Waals surface area contributed by atoms with E-state index < -0.39 is 8.38 Å². The van der Waals surface area contributed by atoms with Crippen LogP contribution >= 0.6 is 8.38 Å². The fourth-order valence-electron chi connectivity index (χ4n) is 1.45. The second kappa shape index (κ2) is 7.84. The van der Waals surface area contributed by atoms with Gasteiger partial charge in [0.1, 0.15) is 5.75 Å². The SMILES string of the molecule is CC(C)Oc1ccc(P(OC(C)C)OC(C)C)cc1. The molecule has 0 saturated heterocycles. The van der Waals surface area contributed by atoms with Gasteiger partial charge < -0.3 is 13.8 Å². The Labute approximate surface area is 118 Å². The maximum Gasteiger partial charge on any atom is 0.205 e. The van der Waals surface area contributed by atoms with E-state index in [1.165, 1.54) is 0 Å². The summed E-state index contributed by atoms with van der Waals surface area (Å²) in [4.78, 5) is 0. The van der Waals surface area contributed by atoms with Crippen LogP contribution in [0.2, 0.25) is 0 Å². The molecule has 0 radical (unpaired) electrons. The number of hydrogen-bond donors (Lipinski definition) is 0. The molecule has 0 saturated carbocycles. The third kappa shape index (κ3) is 6.38. The highest BCUT2D eigenvalue weighted by Gasteiger charge is 2.17. The second-order valence-electron chi connectivity index (χ2n) is 5.23. The third-order valence-electron chi connectivity index (χ3n) is 2.03. The van der Waals surface area contributed by atoms with E-state index in [2.05, 4.69) is 0 Å². The maximum atomic E-state index is 5.87. The predicted molar refractivity (Wildman–Crippen MR) is 81.2 cm³/mol. The molecule has 1 aromatic carbocycles. The molecule has 0 aliphatic heterocycles. The van der Waals surface area contributed by atoms with Crippen molar-refractivity contribution in [2.24, 2.45) is 0 Å². The molecule has 0 unspecified atom stereocenters. The van der Waals surface area contributed by atoms with Gasteiger partial charge in [-0.1, -0.05) is 0 Å². The van der Waals surface area contributed by atoms with Crippen molar-refractivity contribution in [2.45, 2.75) is 59.9 Å². The normalized spacial score (nSPS) is 11.9. The van der Waals surface area contributed by atoms with Gasteiger partial charge in [0.25, 0.3) is 0 Å². The summed E-state index contributed by atoms with van der Waals surface area (Å²) in [7, 11) is -1.02. The van der Waals surface area contributed by atoms with Crippen LogP contribution in [0.15, 0.2) is 24.3 Å². The summed E-state index contributed by atoms with van der Waals surface area (Å²) in [5.74, 6) is 0.878. The monoisotopic (exact) mass is 284 g/mol. The largest absolute Gasteiger partial charge is 0.491 e. The van der Waals surface area contributed by atoms with E-state index in [-0.39, 0.29) is 18.3 Å². The Morgan fingerprint density at radius 2 is 1.21 bits per heavy atom. The molecule has 108 valence electrons. The number of hydrogen-bond acceptors (Lipinski definition) is 3. The van der Waals surface area contributed by atoms with E-state index in [1.807, 2.05) is 65.8 Å². The Morgan fingerprint density at radius 3 is 1.58 bits per heavy atom. The minimum Gasteiger partial charge on any atom is -0.491 e. The second-order valence-corrected chi connectivity index (χ2v) is 6.68. The van der Waals surface area contributed by atoms with Crippen molar-refractivity contribution < 1.29 is 13.8 Å². The van der Waals surface area contributed by atoms with E-state index in [4.69, 9.17) is 13.8 Å². The zero-order valence-electron chi connectivity index (χ0n) is 12.7. The number of rotatable bonds is 7. The molecule has 0 N–H and O–H groups in total. The summed E-state index contributed by atoms with van der Waals surface area (Å²) in [5.41, 5.74) is 0. The fourth-order valence-corrected chi connectivity index (χ4v) is 2.90. The molecule has 1 rings (SSSR count). The maximum absolute atomic E-state index is 5.87. The summed E-state index contributed by atoms with van der Waals surface area (Å²) in [6.45, 7) is 12.1. The van der Waals surface area contributed by atoms with E-state index >= 15 is 0 Å². The third-order valence-corrected chi connectivity index (χ3v) is 3.98. The van der Waals surface area contributed by atoms with Gasteiger partial charge in [-0.05, 0) is 65.8 Å². The Kier molecular flexibility index (Phi) is 6.78. The molecule has 0 spiro atoms. The van der Waals surface area contributed by atoms with Crippen LogP contribution < -0.4 is 10.0 Å². The van der Waals surface area contributed by atoms with Crippen LogP contribution in [0.3, 0.4) is 0 Å². The van der Waals surface area contributed by atoms with Crippen LogP contribution in [0.5, 0.6) is 5.75 Å². The summed E-state index contributed by atoms with van der Waals surface area (Å²) < 4.78 is 17.4. The van der Waals surface area contributed by atoms with Gasteiger partial charge in [-0.25, -0.2) is 0 Å². The standard InChI is InChI=1S/C15H25O3P/c1-11(2)16-14-7-9-15(10-8-14)19(17-12(3)4)18-13(5)6/h7-13H,1-6H3. The highest BCUT2D eigenvalue weighted by molar-refractivity contribution is 7.56. The Balaban J connectivity index is 2.78. The van der Waals surface area contributed by atoms with Crippen LogP contribution in [-0.2, 0) is 9.05 Å². The van der Waals surface area contributed by atoms with Crippen molar-refractivity contribution >= 4 is 13.7 Å². The van der Waals surface area contributed by atoms with Crippen LogP contribution in [-0.4, -0.2) is 18.3 Å². The van der Waals surface area contributed by atoms with Crippen LogP contribution in [0.4, 0.5) is 0 Å². The van der Waals surface area contributed by atoms with Crippen molar-refractivity contribution in [3.05, 3.63) is 24.3 Å². The van der Waals surface area contributed by atoms with Gasteiger partial charge in [0, 0.05) is 5.30 Å². The van der Waals surface area contributed by atoms with Crippen molar-refractivity contribution in [1.82, 2.24) is 0 Å². The van der Waals surface area contributed by atoms with E-state index in [0.717, 1.165) is 11.1 Å². The molecule has 4 heteroatoms. The van der Waals surface area contributed by atoms with Gasteiger partial charge >= 0.3 is 0 Å². The van der Waals surface area contributed by atoms with E-state index in [9.17, 15) is 0 Å². The van der Waals surface area contributed by atoms with Gasteiger partial charge in [0.2, 0.25) is 8.38 Å². The molecule has 0 aliphatic carbocycles. The minimum absolute atomic E-state index is 0.149. The molecule has 19 heavy (non-hydrogen) atoms. The highest BCUT2D eigenvalue weighted by atomic mass is 31.2. The van der Waals surface area contributed by atoms with Crippen molar-refractivity contribution in [3.63, 3.8) is 0 Å². The lowest BCUT2D eigenvalue weighted by molar-refractivity contribution is 0.183. The van der Waals surface area contributed by atoms with Gasteiger partial charge in [-0.15, -0.1) is 0 Å². The van der Waals surface area contributed by atoms with E-state index in [0.29, 0.717) is 0 Å². The topological polar surface area (TPSA) is 27.7 Å². The minimum atomic E-state index is -1.02. The number of ether oxygens (including phenoxy) is 1. The lowest BCUT2D eigenvalue weighted by Gasteiger charge is -2.22. The van der Waals surface area contributed by atoms with Crippen molar-refractivity contribution in [3.8, 4) is 5.75 Å². The molecule has 0 aliphatic rings. The molecule has 0 heterocycles. The molecule has 0 aromatic heterocycles. The highest BCUT2D eigenvalue weighted by Crippen LogP contribution is 2.40. The lowest BCUT2D eigenvalue weighted by Crippen LogP contribution is -2.13. The first-order chi connectivity index (χ1) is 8.88. The smallest absolute Gasteiger partial charge is 0.205 e. The fraction of sp³-hybridized carbons (Fsp3) is 0.600. The van der Waals surface area contributed by atoms with Gasteiger partial charge in [-0.3, -0.25) is 0 Å². The zero-order chi connectivity index (χ0) is 14.4. The average molecular weight is 284 g/mol. The molecule has 1 aromatic rings. The van der Waals surface area contributed by atoms with Crippen molar-refractivity contribution in [1.29, 1.82) is 0 Å². The first-order valence-corrected chi connectivity index (χ1v) is 7.96. The first-order valence-electron chi connectivity index (χ1n) is 6.79. The van der Waals surface area contributed by atoms with Gasteiger partial charge in [0.15, 0.2) is 0 Å². The zero-order valence-corrected chi connectivity index (χ0v) is 13.6. The molecule has 3 nitrogen and oxygen atoms in total. The molecular weight excluding hydrogens is 259 g/mol. The first kappa shape index (κ1) is 16.4. The van der Waals surface area contributed by atoms with Gasteiger partial charge in [0.05, 0.1) is 18.3 Å². The van der Waals surface area contributed by atoms with Crippen LogP contribution in [0.25, 0.3) is 0 Å². The predicted octanol–water partition coefficient (Wildman–Crippen LogP) is 4.26. The summed E-state index contributed by atoms with van der Waals surface area (Å²) >= 11 is 0. The molecular formula is C15H25O3P. The lowest BCUT2D eigenvalue weighted by atomic mass is 10.3. The quantitative estimate of drug-likeness (QED) is 0.700. The molecule has 0 fully saturated rings.